The molecule has 1 aromatic rings. The lowest BCUT2D eigenvalue weighted by Crippen LogP contribution is -2.46. The number of methoxy groups -OCH3 is 1. The first-order chi connectivity index (χ1) is 11.2. The fourth-order valence-electron chi connectivity index (χ4n) is 4.05. The van der Waals surface area contributed by atoms with E-state index in [-0.39, 0.29) is 41.5 Å². The number of ether oxygens (including phenoxy) is 1. The molecular weight excluding hydrogens is 365 g/mol. The van der Waals surface area contributed by atoms with Gasteiger partial charge in [0.05, 0.1) is 12.0 Å². The normalized spacial score (nSPS) is 19.6. The van der Waals surface area contributed by atoms with Gasteiger partial charge in [-0.25, -0.2) is 0 Å². The Morgan fingerprint density at radius 1 is 1.24 bits per heavy atom. The average molecular weight is 392 g/mol. The number of nitro groups is 1. The molecule has 1 heterocycles. The van der Waals surface area contributed by atoms with Crippen LogP contribution in [-0.2, 0) is 0 Å². The number of halogens is 2. The zero-order chi connectivity index (χ0) is 16.2. The van der Waals surface area contributed by atoms with Crippen molar-refractivity contribution in [3.63, 3.8) is 0 Å². The van der Waals surface area contributed by atoms with E-state index in [1.165, 1.54) is 32.8 Å². The van der Waals surface area contributed by atoms with Crippen LogP contribution in [0.1, 0.15) is 37.3 Å². The highest BCUT2D eigenvalue weighted by Crippen LogP contribution is 2.41. The maximum Gasteiger partial charge on any atom is 0.311 e. The smallest absolute Gasteiger partial charge is 0.311 e. The van der Waals surface area contributed by atoms with Gasteiger partial charge in [-0.1, -0.05) is 18.9 Å². The van der Waals surface area contributed by atoms with Crippen molar-refractivity contribution in [3.8, 4) is 5.75 Å². The fourth-order valence-corrected chi connectivity index (χ4v) is 4.05. The summed E-state index contributed by atoms with van der Waals surface area (Å²) in [6.45, 7) is 3.98. The molecule has 8 heteroatoms. The van der Waals surface area contributed by atoms with Crippen molar-refractivity contribution in [2.75, 3.05) is 33.3 Å². The molecule has 6 nitrogen and oxygen atoms in total. The first kappa shape index (κ1) is 22.0. The molecule has 0 spiro atoms. The van der Waals surface area contributed by atoms with E-state index in [9.17, 15) is 10.1 Å². The average Bonchev–Trinajstić information content (AvgIpc) is 3.10. The Morgan fingerprint density at radius 2 is 1.88 bits per heavy atom. The summed E-state index contributed by atoms with van der Waals surface area (Å²) in [6, 6.07) is 5.77. The Morgan fingerprint density at radius 3 is 2.44 bits per heavy atom. The molecule has 1 aromatic carbocycles. The zero-order valence-corrected chi connectivity index (χ0v) is 16.1. The first-order valence-corrected chi connectivity index (χ1v) is 8.48. The molecule has 0 unspecified atom stereocenters. The first-order valence-electron chi connectivity index (χ1n) is 8.48. The molecule has 25 heavy (non-hydrogen) atoms. The summed E-state index contributed by atoms with van der Waals surface area (Å²) in [5.74, 6) is 0.935. The molecule has 1 aliphatic carbocycles. The highest BCUT2D eigenvalue weighted by Gasteiger charge is 2.33. The van der Waals surface area contributed by atoms with Crippen LogP contribution in [0.4, 0.5) is 5.69 Å². The van der Waals surface area contributed by atoms with E-state index in [0.29, 0.717) is 11.7 Å². The molecule has 0 amide bonds. The van der Waals surface area contributed by atoms with Gasteiger partial charge in [-0.05, 0) is 30.4 Å². The van der Waals surface area contributed by atoms with E-state index >= 15 is 0 Å². The predicted molar refractivity (Wildman–Crippen MR) is 103 cm³/mol. The quantitative estimate of drug-likeness (QED) is 0.613. The van der Waals surface area contributed by atoms with Crippen LogP contribution < -0.4 is 10.1 Å². The van der Waals surface area contributed by atoms with Gasteiger partial charge < -0.3 is 10.1 Å². The lowest BCUT2D eigenvalue weighted by Gasteiger charge is -2.38. The van der Waals surface area contributed by atoms with Gasteiger partial charge in [0, 0.05) is 38.3 Å². The third kappa shape index (κ3) is 4.97. The Balaban J connectivity index is 0.00000156. The molecule has 1 atom stereocenters. The van der Waals surface area contributed by atoms with Gasteiger partial charge in [0.2, 0.25) is 0 Å². The highest BCUT2D eigenvalue weighted by molar-refractivity contribution is 5.85. The topological polar surface area (TPSA) is 67.6 Å². The van der Waals surface area contributed by atoms with Gasteiger partial charge in [0.1, 0.15) is 0 Å². The maximum absolute atomic E-state index is 11.4. The molecule has 1 aliphatic heterocycles. The van der Waals surface area contributed by atoms with Gasteiger partial charge in [-0.3, -0.25) is 15.0 Å². The number of hydrogen-bond donors (Lipinski definition) is 1. The van der Waals surface area contributed by atoms with Crippen molar-refractivity contribution in [2.45, 2.75) is 31.7 Å². The molecule has 142 valence electrons. The zero-order valence-electron chi connectivity index (χ0n) is 14.5. The van der Waals surface area contributed by atoms with Crippen molar-refractivity contribution in [1.82, 2.24) is 10.2 Å². The maximum atomic E-state index is 11.4. The number of nitro benzene ring substituents is 1. The monoisotopic (exact) mass is 391 g/mol. The molecule has 1 saturated carbocycles. The van der Waals surface area contributed by atoms with Crippen LogP contribution in [0, 0.1) is 16.0 Å². The molecule has 0 aromatic heterocycles. The van der Waals surface area contributed by atoms with Gasteiger partial charge >= 0.3 is 5.69 Å². The third-order valence-corrected chi connectivity index (χ3v) is 5.13. The van der Waals surface area contributed by atoms with E-state index in [1.807, 2.05) is 6.07 Å². The largest absolute Gasteiger partial charge is 0.490 e. The number of benzene rings is 1. The van der Waals surface area contributed by atoms with E-state index in [2.05, 4.69) is 10.2 Å². The second kappa shape index (κ2) is 10.2. The van der Waals surface area contributed by atoms with Gasteiger partial charge in [-0.15, -0.1) is 24.8 Å². The molecule has 3 rings (SSSR count). The summed E-state index contributed by atoms with van der Waals surface area (Å²) in [6.07, 6.45) is 4.97. The molecule has 1 N–H and O–H groups in total. The number of nitrogens with zero attached hydrogens (tertiary/aromatic N) is 2. The lowest BCUT2D eigenvalue weighted by atomic mass is 9.89. The number of piperazine rings is 1. The summed E-state index contributed by atoms with van der Waals surface area (Å²) in [5, 5.41) is 14.7. The van der Waals surface area contributed by atoms with Crippen molar-refractivity contribution < 1.29 is 9.66 Å². The molecule has 0 radical (unpaired) electrons. The van der Waals surface area contributed by atoms with Crippen molar-refractivity contribution in [1.29, 1.82) is 0 Å². The van der Waals surface area contributed by atoms with Crippen LogP contribution in [0.5, 0.6) is 5.75 Å². The van der Waals surface area contributed by atoms with E-state index < -0.39 is 0 Å². The highest BCUT2D eigenvalue weighted by atomic mass is 35.5. The van der Waals surface area contributed by atoms with Crippen LogP contribution in [-0.4, -0.2) is 43.1 Å². The standard InChI is InChI=1S/C17H25N3O3.2ClH/c1-23-16-7-6-14(12-15(16)20(21)22)17(13-4-2-3-5-13)19-10-8-18-9-11-19;;/h6-7,12-13,17-18H,2-5,8-11H2,1H3;2*1H/t17-;;/m1../s1. The van der Waals surface area contributed by atoms with Crippen molar-refractivity contribution in [3.05, 3.63) is 33.9 Å². The SMILES string of the molecule is COc1ccc([C@@H](C2CCCC2)N2CCNCC2)cc1[N+](=O)[O-].Cl.Cl. The number of rotatable bonds is 5. The van der Waals surface area contributed by atoms with Crippen LogP contribution in [0.15, 0.2) is 18.2 Å². The molecular formula is C17H27Cl2N3O3. The van der Waals surface area contributed by atoms with Crippen LogP contribution in [0.2, 0.25) is 0 Å². The summed E-state index contributed by atoms with van der Waals surface area (Å²) in [7, 11) is 1.48. The van der Waals surface area contributed by atoms with Crippen LogP contribution in [0.25, 0.3) is 0 Å². The van der Waals surface area contributed by atoms with Gasteiger partial charge in [0.25, 0.3) is 0 Å². The van der Waals surface area contributed by atoms with Gasteiger partial charge in [0.15, 0.2) is 5.75 Å². The number of nitrogens with one attached hydrogen (secondary N) is 1. The lowest BCUT2D eigenvalue weighted by molar-refractivity contribution is -0.385. The van der Waals surface area contributed by atoms with Crippen LogP contribution >= 0.6 is 24.8 Å². The van der Waals surface area contributed by atoms with E-state index in [4.69, 9.17) is 4.74 Å². The second-order valence-corrected chi connectivity index (χ2v) is 6.46. The van der Waals surface area contributed by atoms with E-state index in [0.717, 1.165) is 31.7 Å². The van der Waals surface area contributed by atoms with E-state index in [1.54, 1.807) is 12.1 Å². The Bertz CT molecular complexity index is 562. The summed E-state index contributed by atoms with van der Waals surface area (Å²) < 4.78 is 5.15. The van der Waals surface area contributed by atoms with Crippen molar-refractivity contribution >= 4 is 30.5 Å². The summed E-state index contributed by atoms with van der Waals surface area (Å²) in [5.41, 5.74) is 1.13. The fraction of sp³-hybridized carbons (Fsp3) is 0.647. The second-order valence-electron chi connectivity index (χ2n) is 6.46. The minimum Gasteiger partial charge on any atom is -0.490 e. The molecule has 2 fully saturated rings. The van der Waals surface area contributed by atoms with Crippen molar-refractivity contribution in [2.24, 2.45) is 5.92 Å². The Hall–Kier alpha value is -1.08. The number of hydrogen-bond acceptors (Lipinski definition) is 5. The Labute approximate surface area is 161 Å². The van der Waals surface area contributed by atoms with Crippen LogP contribution in [0.3, 0.4) is 0 Å². The molecule has 2 aliphatic rings. The predicted octanol–water partition coefficient (Wildman–Crippen LogP) is 3.58. The third-order valence-electron chi connectivity index (χ3n) is 5.13. The summed E-state index contributed by atoms with van der Waals surface area (Å²) in [4.78, 5) is 13.5. The summed E-state index contributed by atoms with van der Waals surface area (Å²) >= 11 is 0. The minimum absolute atomic E-state index is 0. The molecule has 0 bridgehead atoms. The molecule has 1 saturated heterocycles. The van der Waals surface area contributed by atoms with Gasteiger partial charge in [-0.2, -0.15) is 0 Å². The Kier molecular flexibility index (Phi) is 8.93. The minimum atomic E-state index is -0.341.